The third kappa shape index (κ3) is 2.83. The molecule has 1 heterocycles. The Balaban J connectivity index is 2.38. The first-order chi connectivity index (χ1) is 5.74. The molecule has 0 radical (unpaired) electrons. The first-order valence-corrected chi connectivity index (χ1v) is 6.01. The standard InChI is InChI=1S/C8H13BrN2S/c1-7(5-9)6-12-8-10-3-4-11(8)2/h3-4,7H,5-6H2,1-2H3. The summed E-state index contributed by atoms with van der Waals surface area (Å²) in [7, 11) is 2.02. The van der Waals surface area contributed by atoms with Gasteiger partial charge in [0.05, 0.1) is 0 Å². The molecule has 0 aliphatic rings. The first kappa shape index (κ1) is 10.1. The van der Waals surface area contributed by atoms with Gasteiger partial charge in [0.1, 0.15) is 0 Å². The van der Waals surface area contributed by atoms with Gasteiger partial charge in [0, 0.05) is 30.5 Å². The van der Waals surface area contributed by atoms with Crippen molar-refractivity contribution in [1.29, 1.82) is 0 Å². The Labute approximate surface area is 85.9 Å². The van der Waals surface area contributed by atoms with Gasteiger partial charge in [-0.2, -0.15) is 0 Å². The van der Waals surface area contributed by atoms with Crippen LogP contribution in [-0.2, 0) is 7.05 Å². The zero-order chi connectivity index (χ0) is 8.97. The summed E-state index contributed by atoms with van der Waals surface area (Å²) < 4.78 is 2.05. The lowest BCUT2D eigenvalue weighted by atomic mass is 10.3. The van der Waals surface area contributed by atoms with Gasteiger partial charge in [0.15, 0.2) is 5.16 Å². The van der Waals surface area contributed by atoms with Crippen LogP contribution in [0.4, 0.5) is 0 Å². The summed E-state index contributed by atoms with van der Waals surface area (Å²) >= 11 is 5.27. The molecule has 1 unspecified atom stereocenters. The fourth-order valence-corrected chi connectivity index (χ4v) is 2.24. The van der Waals surface area contributed by atoms with Crippen LogP contribution < -0.4 is 0 Å². The average molecular weight is 249 g/mol. The molecule has 0 aromatic carbocycles. The smallest absolute Gasteiger partial charge is 0.167 e. The van der Waals surface area contributed by atoms with Crippen LogP contribution in [0.25, 0.3) is 0 Å². The van der Waals surface area contributed by atoms with Gasteiger partial charge in [-0.25, -0.2) is 4.98 Å². The van der Waals surface area contributed by atoms with Crippen LogP contribution >= 0.6 is 27.7 Å². The maximum Gasteiger partial charge on any atom is 0.167 e. The summed E-state index contributed by atoms with van der Waals surface area (Å²) in [6, 6.07) is 0. The summed E-state index contributed by atoms with van der Waals surface area (Å²) in [5, 5.41) is 2.16. The van der Waals surface area contributed by atoms with Gasteiger partial charge in [-0.15, -0.1) is 0 Å². The second-order valence-electron chi connectivity index (χ2n) is 2.89. The molecule has 68 valence electrons. The van der Waals surface area contributed by atoms with Crippen molar-refractivity contribution >= 4 is 27.7 Å². The van der Waals surface area contributed by atoms with E-state index < -0.39 is 0 Å². The van der Waals surface area contributed by atoms with Crippen LogP contribution in [0.1, 0.15) is 6.92 Å². The maximum atomic E-state index is 4.23. The third-order valence-corrected chi connectivity index (χ3v) is 4.03. The van der Waals surface area contributed by atoms with Gasteiger partial charge in [0.25, 0.3) is 0 Å². The van der Waals surface area contributed by atoms with E-state index in [1.54, 1.807) is 0 Å². The second-order valence-corrected chi connectivity index (χ2v) is 4.53. The van der Waals surface area contributed by atoms with Gasteiger partial charge in [-0.3, -0.25) is 0 Å². The van der Waals surface area contributed by atoms with E-state index in [-0.39, 0.29) is 0 Å². The van der Waals surface area contributed by atoms with E-state index >= 15 is 0 Å². The van der Waals surface area contributed by atoms with Crippen LogP contribution in [0.15, 0.2) is 17.6 Å². The fraction of sp³-hybridized carbons (Fsp3) is 0.625. The predicted molar refractivity (Wildman–Crippen MR) is 56.9 cm³/mol. The number of hydrogen-bond donors (Lipinski definition) is 0. The fourth-order valence-electron chi connectivity index (χ4n) is 0.752. The Hall–Kier alpha value is 0.0400. The van der Waals surface area contributed by atoms with Gasteiger partial charge in [0.2, 0.25) is 0 Å². The number of nitrogens with zero attached hydrogens (tertiary/aromatic N) is 2. The van der Waals surface area contributed by atoms with E-state index in [2.05, 4.69) is 27.8 Å². The summed E-state index contributed by atoms with van der Waals surface area (Å²) in [5.74, 6) is 1.82. The van der Waals surface area contributed by atoms with E-state index in [4.69, 9.17) is 0 Å². The number of rotatable bonds is 4. The molecule has 0 spiro atoms. The molecule has 0 aliphatic carbocycles. The van der Waals surface area contributed by atoms with E-state index in [1.165, 1.54) is 0 Å². The van der Waals surface area contributed by atoms with Crippen molar-refractivity contribution < 1.29 is 0 Å². The molecule has 0 saturated carbocycles. The first-order valence-electron chi connectivity index (χ1n) is 3.90. The molecule has 12 heavy (non-hydrogen) atoms. The highest BCUT2D eigenvalue weighted by Gasteiger charge is 2.03. The number of alkyl halides is 1. The summed E-state index contributed by atoms with van der Waals surface area (Å²) in [4.78, 5) is 4.23. The van der Waals surface area contributed by atoms with Gasteiger partial charge >= 0.3 is 0 Å². The third-order valence-electron chi connectivity index (χ3n) is 1.54. The lowest BCUT2D eigenvalue weighted by molar-refractivity contribution is 0.754. The minimum atomic E-state index is 0.701. The molecule has 0 fully saturated rings. The van der Waals surface area contributed by atoms with E-state index in [1.807, 2.05) is 35.8 Å². The SMILES string of the molecule is CC(CBr)CSc1nccn1C. The van der Waals surface area contributed by atoms with Crippen molar-refractivity contribution in [3.05, 3.63) is 12.4 Å². The molecule has 0 bridgehead atoms. The minimum absolute atomic E-state index is 0.701. The van der Waals surface area contributed by atoms with Crippen LogP contribution in [0.3, 0.4) is 0 Å². The molecule has 1 rings (SSSR count). The lowest BCUT2D eigenvalue weighted by Gasteiger charge is -2.05. The number of aryl methyl sites for hydroxylation is 1. The van der Waals surface area contributed by atoms with E-state index in [0.717, 1.165) is 16.2 Å². The molecular formula is C8H13BrN2S. The van der Waals surface area contributed by atoms with Gasteiger partial charge in [-0.05, 0) is 5.92 Å². The number of aromatic nitrogens is 2. The molecule has 1 aromatic rings. The molecule has 0 aliphatic heterocycles. The van der Waals surface area contributed by atoms with Crippen molar-refractivity contribution in [1.82, 2.24) is 9.55 Å². The molecule has 4 heteroatoms. The Kier molecular flexibility index (Phi) is 4.15. The van der Waals surface area contributed by atoms with E-state index in [0.29, 0.717) is 5.92 Å². The number of thioether (sulfide) groups is 1. The molecule has 0 N–H and O–H groups in total. The quantitative estimate of drug-likeness (QED) is 0.602. The lowest BCUT2D eigenvalue weighted by Crippen LogP contribution is -2.00. The Morgan fingerprint density at radius 3 is 3.00 bits per heavy atom. The largest absolute Gasteiger partial charge is 0.329 e. The molecule has 2 nitrogen and oxygen atoms in total. The highest BCUT2D eigenvalue weighted by atomic mass is 79.9. The Morgan fingerprint density at radius 1 is 1.75 bits per heavy atom. The van der Waals surface area contributed by atoms with Crippen LogP contribution in [0.5, 0.6) is 0 Å². The van der Waals surface area contributed by atoms with Crippen molar-refractivity contribution in [3.63, 3.8) is 0 Å². The van der Waals surface area contributed by atoms with Crippen LogP contribution in [0, 0.1) is 5.92 Å². The molecular weight excluding hydrogens is 236 g/mol. The Morgan fingerprint density at radius 2 is 2.50 bits per heavy atom. The minimum Gasteiger partial charge on any atom is -0.329 e. The average Bonchev–Trinajstić information content (AvgIpc) is 2.47. The van der Waals surface area contributed by atoms with Crippen molar-refractivity contribution in [3.8, 4) is 0 Å². The van der Waals surface area contributed by atoms with Crippen LogP contribution in [0.2, 0.25) is 0 Å². The predicted octanol–water partition coefficient (Wildman–Crippen LogP) is 2.54. The molecule has 1 atom stereocenters. The molecule has 0 amide bonds. The van der Waals surface area contributed by atoms with Gasteiger partial charge in [-0.1, -0.05) is 34.6 Å². The highest BCUT2D eigenvalue weighted by molar-refractivity contribution is 9.09. The number of halogens is 1. The summed E-state index contributed by atoms with van der Waals surface area (Å²) in [5.41, 5.74) is 0. The topological polar surface area (TPSA) is 17.8 Å². The van der Waals surface area contributed by atoms with Crippen molar-refractivity contribution in [2.75, 3.05) is 11.1 Å². The van der Waals surface area contributed by atoms with Crippen molar-refractivity contribution in [2.24, 2.45) is 13.0 Å². The van der Waals surface area contributed by atoms with Crippen LogP contribution in [-0.4, -0.2) is 20.6 Å². The Bertz CT molecular complexity index is 237. The van der Waals surface area contributed by atoms with E-state index in [9.17, 15) is 0 Å². The summed E-state index contributed by atoms with van der Waals surface area (Å²) in [6.45, 7) is 2.23. The van der Waals surface area contributed by atoms with Gasteiger partial charge < -0.3 is 4.57 Å². The van der Waals surface area contributed by atoms with Crippen molar-refractivity contribution in [2.45, 2.75) is 12.1 Å². The normalized spacial score (nSPS) is 13.2. The zero-order valence-electron chi connectivity index (χ0n) is 7.33. The highest BCUT2D eigenvalue weighted by Crippen LogP contribution is 2.18. The molecule has 0 saturated heterocycles. The monoisotopic (exact) mass is 248 g/mol. The second kappa shape index (κ2) is 4.92. The maximum absolute atomic E-state index is 4.23. The molecule has 1 aromatic heterocycles. The zero-order valence-corrected chi connectivity index (χ0v) is 9.73. The number of imidazole rings is 1. The number of hydrogen-bond acceptors (Lipinski definition) is 2. The summed E-state index contributed by atoms with van der Waals surface area (Å²) in [6.07, 6.45) is 3.81.